The number of nitrogens with two attached hydrogens (primary N) is 1. The fourth-order valence-corrected chi connectivity index (χ4v) is 4.84. The third-order valence-corrected chi connectivity index (χ3v) is 6.73. The second kappa shape index (κ2) is 11.1. The summed E-state index contributed by atoms with van der Waals surface area (Å²) < 4.78 is 0. The third kappa shape index (κ3) is 6.55. The maximum absolute atomic E-state index is 13.9. The van der Waals surface area contributed by atoms with Gasteiger partial charge < -0.3 is 21.3 Å². The van der Waals surface area contributed by atoms with Crippen molar-refractivity contribution in [2.45, 2.75) is 70.6 Å². The molecule has 2 aromatic rings. The highest BCUT2D eigenvalue weighted by molar-refractivity contribution is 7.80. The zero-order valence-corrected chi connectivity index (χ0v) is 21.1. The number of hydrogen-bond donors (Lipinski definition) is 3. The van der Waals surface area contributed by atoms with Gasteiger partial charge in [0.1, 0.15) is 6.04 Å². The van der Waals surface area contributed by atoms with Crippen molar-refractivity contribution in [2.75, 3.05) is 7.05 Å². The Labute approximate surface area is 204 Å². The van der Waals surface area contributed by atoms with Gasteiger partial charge in [0, 0.05) is 19.1 Å². The standard InChI is InChI=1S/C27H38N4OS/c1-27(2,3)24(30-26(33)29-22-18-12-11-17-21(22)28)25(32)31(4)23(19-13-7-5-8-14-19)20-15-9-6-10-16-20/h5-10,13-16,21-24H,11-12,17-18,28H2,1-4H3,(H2,29,30,33)/t21-,22?,24-/m1/s1. The summed E-state index contributed by atoms with van der Waals surface area (Å²) in [5.41, 5.74) is 8.09. The Hall–Kier alpha value is -2.44. The van der Waals surface area contributed by atoms with Crippen LogP contribution in [-0.2, 0) is 4.79 Å². The molecule has 3 atom stereocenters. The van der Waals surface area contributed by atoms with Crippen molar-refractivity contribution in [1.82, 2.24) is 15.5 Å². The summed E-state index contributed by atoms with van der Waals surface area (Å²) in [6, 6.07) is 19.8. The van der Waals surface area contributed by atoms with Crippen molar-refractivity contribution in [3.05, 3.63) is 71.8 Å². The molecule has 3 rings (SSSR count). The Morgan fingerprint density at radius 3 is 2.00 bits per heavy atom. The maximum Gasteiger partial charge on any atom is 0.246 e. The van der Waals surface area contributed by atoms with Gasteiger partial charge in [-0.3, -0.25) is 4.79 Å². The molecule has 0 spiro atoms. The van der Waals surface area contributed by atoms with Crippen LogP contribution in [0.2, 0.25) is 0 Å². The van der Waals surface area contributed by atoms with Crippen LogP contribution in [0.5, 0.6) is 0 Å². The van der Waals surface area contributed by atoms with Gasteiger partial charge in [-0.1, -0.05) is 94.3 Å². The van der Waals surface area contributed by atoms with Crippen LogP contribution in [0.25, 0.3) is 0 Å². The Bertz CT molecular complexity index is 873. The molecular formula is C27H38N4OS. The quantitative estimate of drug-likeness (QED) is 0.551. The lowest BCUT2D eigenvalue weighted by atomic mass is 9.85. The van der Waals surface area contributed by atoms with Gasteiger partial charge in [0.25, 0.3) is 0 Å². The molecule has 4 N–H and O–H groups in total. The molecule has 1 unspecified atom stereocenters. The van der Waals surface area contributed by atoms with Crippen LogP contribution < -0.4 is 16.4 Å². The second-order valence-corrected chi connectivity index (χ2v) is 10.6. The molecule has 0 bridgehead atoms. The predicted molar refractivity (Wildman–Crippen MR) is 140 cm³/mol. The molecule has 1 aliphatic rings. The summed E-state index contributed by atoms with van der Waals surface area (Å²) in [5, 5.41) is 7.21. The summed E-state index contributed by atoms with van der Waals surface area (Å²) >= 11 is 5.64. The summed E-state index contributed by atoms with van der Waals surface area (Å²) in [6.07, 6.45) is 4.31. The molecule has 0 radical (unpaired) electrons. The third-order valence-electron chi connectivity index (χ3n) is 6.49. The van der Waals surface area contributed by atoms with E-state index in [1.54, 1.807) is 0 Å². The van der Waals surface area contributed by atoms with E-state index in [4.69, 9.17) is 18.0 Å². The van der Waals surface area contributed by atoms with Crippen LogP contribution in [0.4, 0.5) is 0 Å². The van der Waals surface area contributed by atoms with E-state index in [-0.39, 0.29) is 29.4 Å². The van der Waals surface area contributed by atoms with Crippen molar-refractivity contribution in [2.24, 2.45) is 11.1 Å². The topological polar surface area (TPSA) is 70.4 Å². The highest BCUT2D eigenvalue weighted by atomic mass is 32.1. The predicted octanol–water partition coefficient (Wildman–Crippen LogP) is 4.38. The van der Waals surface area contributed by atoms with Gasteiger partial charge >= 0.3 is 0 Å². The average molecular weight is 467 g/mol. The lowest BCUT2D eigenvalue weighted by Crippen LogP contribution is -2.59. The number of likely N-dealkylation sites (N-methyl/N-ethyl adjacent to an activating group) is 1. The van der Waals surface area contributed by atoms with E-state index in [0.29, 0.717) is 5.11 Å². The van der Waals surface area contributed by atoms with Crippen molar-refractivity contribution in [3.8, 4) is 0 Å². The lowest BCUT2D eigenvalue weighted by Gasteiger charge is -2.38. The zero-order chi connectivity index (χ0) is 24.0. The van der Waals surface area contributed by atoms with E-state index in [0.717, 1.165) is 36.8 Å². The van der Waals surface area contributed by atoms with E-state index >= 15 is 0 Å². The first-order chi connectivity index (χ1) is 15.7. The number of carbonyl (C=O) groups excluding carboxylic acids is 1. The first-order valence-corrected chi connectivity index (χ1v) is 12.3. The monoisotopic (exact) mass is 466 g/mol. The molecule has 0 heterocycles. The SMILES string of the molecule is CN(C(=O)[C@@H](NC(=S)NC1CCCC[C@H]1N)C(C)(C)C)C(c1ccccc1)c1ccccc1. The van der Waals surface area contributed by atoms with Crippen LogP contribution in [0, 0.1) is 5.41 Å². The van der Waals surface area contributed by atoms with Crippen molar-refractivity contribution >= 4 is 23.2 Å². The fraction of sp³-hybridized carbons (Fsp3) is 0.481. The van der Waals surface area contributed by atoms with E-state index in [1.807, 2.05) is 48.3 Å². The van der Waals surface area contributed by atoms with Gasteiger partial charge in [-0.2, -0.15) is 0 Å². The molecule has 33 heavy (non-hydrogen) atoms. The van der Waals surface area contributed by atoms with Gasteiger partial charge in [0.15, 0.2) is 5.11 Å². The number of benzene rings is 2. The molecule has 5 nitrogen and oxygen atoms in total. The smallest absolute Gasteiger partial charge is 0.246 e. The Balaban J connectivity index is 1.83. The van der Waals surface area contributed by atoms with Crippen LogP contribution in [-0.4, -0.2) is 41.1 Å². The number of nitrogens with one attached hydrogen (secondary N) is 2. The minimum atomic E-state index is -0.489. The molecule has 0 saturated heterocycles. The molecule has 0 aliphatic heterocycles. The first kappa shape index (κ1) is 25.2. The Morgan fingerprint density at radius 2 is 1.52 bits per heavy atom. The average Bonchev–Trinajstić information content (AvgIpc) is 2.79. The van der Waals surface area contributed by atoms with Crippen molar-refractivity contribution < 1.29 is 4.79 Å². The Morgan fingerprint density at radius 1 is 1.00 bits per heavy atom. The van der Waals surface area contributed by atoms with Crippen molar-refractivity contribution in [3.63, 3.8) is 0 Å². The first-order valence-electron chi connectivity index (χ1n) is 11.9. The molecule has 1 aliphatic carbocycles. The number of hydrogen-bond acceptors (Lipinski definition) is 3. The number of carbonyl (C=O) groups is 1. The van der Waals surface area contributed by atoms with Crippen LogP contribution in [0.3, 0.4) is 0 Å². The second-order valence-electron chi connectivity index (χ2n) is 10.1. The molecule has 2 aromatic carbocycles. The van der Waals surface area contributed by atoms with Crippen molar-refractivity contribution in [1.29, 1.82) is 0 Å². The van der Waals surface area contributed by atoms with Crippen LogP contribution >= 0.6 is 12.2 Å². The minimum absolute atomic E-state index is 0.00250. The minimum Gasteiger partial charge on any atom is -0.358 e. The summed E-state index contributed by atoms with van der Waals surface area (Å²) in [4.78, 5) is 15.8. The molecule has 0 aromatic heterocycles. The zero-order valence-electron chi connectivity index (χ0n) is 20.3. The number of nitrogens with zero attached hydrogens (tertiary/aromatic N) is 1. The van der Waals surface area contributed by atoms with E-state index < -0.39 is 6.04 Å². The normalized spacial score (nSPS) is 19.6. The highest BCUT2D eigenvalue weighted by Gasteiger charge is 2.37. The van der Waals surface area contributed by atoms with E-state index in [1.165, 1.54) is 0 Å². The van der Waals surface area contributed by atoms with Gasteiger partial charge in [0.05, 0.1) is 6.04 Å². The number of rotatable bonds is 6. The molecule has 1 saturated carbocycles. The highest BCUT2D eigenvalue weighted by Crippen LogP contribution is 2.30. The van der Waals surface area contributed by atoms with Gasteiger partial charge in [-0.15, -0.1) is 0 Å². The summed E-state index contributed by atoms with van der Waals surface area (Å²) in [7, 11) is 1.88. The summed E-state index contributed by atoms with van der Waals surface area (Å²) in [5.74, 6) is -0.00250. The maximum atomic E-state index is 13.9. The Kier molecular flexibility index (Phi) is 8.49. The van der Waals surface area contributed by atoms with Gasteiger partial charge in [0.2, 0.25) is 5.91 Å². The number of thiocarbonyl (C=S) groups is 1. The van der Waals surface area contributed by atoms with Gasteiger partial charge in [-0.25, -0.2) is 0 Å². The van der Waals surface area contributed by atoms with E-state index in [2.05, 4.69) is 55.7 Å². The molecule has 1 fully saturated rings. The molecule has 6 heteroatoms. The van der Waals surface area contributed by atoms with Crippen LogP contribution in [0.1, 0.15) is 63.6 Å². The fourth-order valence-electron chi connectivity index (χ4n) is 4.57. The molecular weight excluding hydrogens is 428 g/mol. The van der Waals surface area contributed by atoms with E-state index in [9.17, 15) is 4.79 Å². The van der Waals surface area contributed by atoms with Gasteiger partial charge in [-0.05, 0) is 41.6 Å². The number of amides is 1. The lowest BCUT2D eigenvalue weighted by molar-refractivity contribution is -0.135. The molecule has 1 amide bonds. The molecule has 178 valence electrons. The largest absolute Gasteiger partial charge is 0.358 e. The summed E-state index contributed by atoms with van der Waals surface area (Å²) in [6.45, 7) is 6.18. The van der Waals surface area contributed by atoms with Crippen LogP contribution in [0.15, 0.2) is 60.7 Å².